The van der Waals surface area contributed by atoms with Gasteiger partial charge in [0, 0.05) is 0 Å². The molecule has 0 atom stereocenters. The van der Waals surface area contributed by atoms with Gasteiger partial charge in [0.25, 0.3) is 0 Å². The first-order valence-corrected chi connectivity index (χ1v) is 14.7. The molecule has 0 radical (unpaired) electrons. The van der Waals surface area contributed by atoms with Crippen LogP contribution >= 0.6 is 9.19 Å². The molecule has 0 unspecified atom stereocenters. The molecule has 0 aliphatic carbocycles. The normalized spacial score (nSPS) is 13.1. The number of rotatable bonds is 6. The van der Waals surface area contributed by atoms with Gasteiger partial charge in [0.05, 0.1) is 0 Å². The van der Waals surface area contributed by atoms with E-state index in [2.05, 4.69) is 106 Å². The molecule has 0 N–H and O–H groups in total. The van der Waals surface area contributed by atoms with E-state index in [-0.39, 0.29) is 0 Å². The number of hydrogen-bond acceptors (Lipinski definition) is 0. The molecular formula is C26H34AuClN2. The summed E-state index contributed by atoms with van der Waals surface area (Å²) in [5, 5.41) is 0. The molecule has 1 aromatic heterocycles. The van der Waals surface area contributed by atoms with Crippen LogP contribution in [0.4, 0.5) is 0 Å². The topological polar surface area (TPSA) is 9.86 Å². The molecule has 0 fully saturated rings. The molecule has 2 aromatic carbocycles. The summed E-state index contributed by atoms with van der Waals surface area (Å²) in [7, 11) is 6.73. The summed E-state index contributed by atoms with van der Waals surface area (Å²) in [5.41, 5.74) is 8.14. The Kier molecular flexibility index (Phi) is 7.68. The Morgan fingerprint density at radius 3 is 1.60 bits per heavy atom. The van der Waals surface area contributed by atoms with E-state index in [1.54, 1.807) is 0 Å². The number of benzene rings is 2. The van der Waals surface area contributed by atoms with Gasteiger partial charge in [-0.3, -0.25) is 0 Å². The molecule has 2 nitrogen and oxygen atoms in total. The number of nitrogens with zero attached hydrogens (tertiary/aromatic N) is 2. The van der Waals surface area contributed by atoms with Crippen LogP contribution in [0.2, 0.25) is 0 Å². The minimum absolute atomic E-state index is 0.448. The first-order valence-electron chi connectivity index (χ1n) is 10.9. The molecule has 3 aromatic rings. The van der Waals surface area contributed by atoms with Crippen molar-refractivity contribution >= 4 is 9.19 Å². The van der Waals surface area contributed by atoms with Gasteiger partial charge in [-0.25, -0.2) is 0 Å². The van der Waals surface area contributed by atoms with Crippen LogP contribution < -0.4 is 0 Å². The van der Waals surface area contributed by atoms with Gasteiger partial charge in [-0.15, -0.1) is 0 Å². The van der Waals surface area contributed by atoms with Crippen LogP contribution in [0.3, 0.4) is 0 Å². The van der Waals surface area contributed by atoms with Crippen molar-refractivity contribution in [2.45, 2.75) is 72.6 Å². The van der Waals surface area contributed by atoms with Gasteiger partial charge in [-0.2, -0.15) is 0 Å². The van der Waals surface area contributed by atoms with Gasteiger partial charge < -0.3 is 0 Å². The molecule has 0 saturated heterocycles. The summed E-state index contributed by atoms with van der Waals surface area (Å²) in [5.74, 6) is 1.35. The van der Waals surface area contributed by atoms with Gasteiger partial charge >= 0.3 is 195 Å². The predicted molar refractivity (Wildman–Crippen MR) is 126 cm³/mol. The maximum atomic E-state index is 6.73. The van der Waals surface area contributed by atoms with Crippen molar-refractivity contribution in [2.75, 3.05) is 0 Å². The monoisotopic (exact) mass is 606 g/mol. The van der Waals surface area contributed by atoms with Crippen LogP contribution in [0.1, 0.15) is 88.5 Å². The summed E-state index contributed by atoms with van der Waals surface area (Å²) < 4.78 is 5.94. The third kappa shape index (κ3) is 4.34. The summed E-state index contributed by atoms with van der Waals surface area (Å²) in [4.78, 5) is 0. The standard InChI is InChI=1S/C26H34N2.Au.ClH/c1-8-21-11-9-12-22(18(2)3)25(21)27-15-16-28(17-27)26-23(19(4)5)13-10-14-24(26)20(6)7;;/h9-16,18-20H,8H2,1-7H3;;1H/q;+1;/p-1. The molecule has 0 spiro atoms. The molecule has 0 saturated carbocycles. The van der Waals surface area contributed by atoms with Gasteiger partial charge in [0.2, 0.25) is 0 Å². The van der Waals surface area contributed by atoms with Crippen LogP contribution in [0.25, 0.3) is 11.4 Å². The van der Waals surface area contributed by atoms with Gasteiger partial charge in [0.15, 0.2) is 0 Å². The average Bonchev–Trinajstić information content (AvgIpc) is 3.15. The first kappa shape index (κ1) is 23.3. The quantitative estimate of drug-likeness (QED) is 0.252. The SMILES string of the molecule is CCc1cccc(C(C)C)c1-n1ccn(-c2c(C(C)C)cccc2C(C)C)[c]1=[Au][Cl]. The van der Waals surface area contributed by atoms with Crippen LogP contribution in [0.5, 0.6) is 0 Å². The fourth-order valence-corrected chi connectivity index (χ4v) is 6.28. The second kappa shape index (κ2) is 9.87. The van der Waals surface area contributed by atoms with Crippen LogP contribution in [0.15, 0.2) is 48.8 Å². The number of para-hydroxylation sites is 2. The van der Waals surface area contributed by atoms with Gasteiger partial charge in [0.1, 0.15) is 0 Å². The Bertz CT molecular complexity index is 1060. The van der Waals surface area contributed by atoms with Crippen molar-refractivity contribution in [3.05, 3.63) is 74.7 Å². The van der Waals surface area contributed by atoms with Crippen molar-refractivity contribution in [1.82, 2.24) is 9.13 Å². The van der Waals surface area contributed by atoms with E-state index in [9.17, 15) is 0 Å². The zero-order valence-corrected chi connectivity index (χ0v) is 22.1. The van der Waals surface area contributed by atoms with Crippen molar-refractivity contribution in [3.8, 4) is 11.4 Å². The van der Waals surface area contributed by atoms with Crippen molar-refractivity contribution in [2.24, 2.45) is 0 Å². The van der Waals surface area contributed by atoms with E-state index in [1.807, 2.05) is 0 Å². The molecule has 0 aliphatic heterocycles. The van der Waals surface area contributed by atoms with E-state index < -0.39 is 18.2 Å². The average molecular weight is 607 g/mol. The van der Waals surface area contributed by atoms with E-state index in [1.165, 1.54) is 37.3 Å². The Morgan fingerprint density at radius 2 is 1.17 bits per heavy atom. The van der Waals surface area contributed by atoms with Crippen LogP contribution in [-0.4, -0.2) is 9.13 Å². The fourth-order valence-electron chi connectivity index (χ4n) is 4.18. The van der Waals surface area contributed by atoms with E-state index in [0.29, 0.717) is 17.8 Å². The van der Waals surface area contributed by atoms with Crippen LogP contribution in [-0.2, 0) is 24.6 Å². The molecule has 4 heteroatoms. The molecule has 3 rings (SSSR count). The Balaban J connectivity index is 2.38. The molecule has 0 aliphatic rings. The Hall–Kier alpha value is -1.32. The first-order chi connectivity index (χ1) is 14.3. The zero-order chi connectivity index (χ0) is 22.0. The number of hydrogen-bond donors (Lipinski definition) is 0. The molecule has 0 bridgehead atoms. The minimum atomic E-state index is -0.536. The van der Waals surface area contributed by atoms with E-state index in [0.717, 1.165) is 6.42 Å². The predicted octanol–water partition coefficient (Wildman–Crippen LogP) is 7.97. The molecular weight excluding hydrogens is 573 g/mol. The third-order valence-corrected chi connectivity index (χ3v) is 8.00. The number of halogens is 1. The van der Waals surface area contributed by atoms with Gasteiger partial charge in [-0.1, -0.05) is 0 Å². The van der Waals surface area contributed by atoms with E-state index in [4.69, 9.17) is 9.19 Å². The van der Waals surface area contributed by atoms with Crippen LogP contribution in [0, 0.1) is 3.63 Å². The second-order valence-electron chi connectivity index (χ2n) is 8.79. The fraction of sp³-hybridized carbons (Fsp3) is 0.423. The molecule has 1 heterocycles. The number of aryl methyl sites for hydroxylation is 1. The molecule has 166 valence electrons. The summed E-state index contributed by atoms with van der Waals surface area (Å²) in [6.45, 7) is 15.9. The van der Waals surface area contributed by atoms with Gasteiger partial charge in [-0.05, 0) is 0 Å². The Labute approximate surface area is 194 Å². The van der Waals surface area contributed by atoms with Crippen molar-refractivity contribution in [3.63, 3.8) is 0 Å². The van der Waals surface area contributed by atoms with E-state index >= 15 is 0 Å². The summed E-state index contributed by atoms with van der Waals surface area (Å²) in [6, 6.07) is 13.4. The number of aromatic nitrogens is 2. The molecule has 30 heavy (non-hydrogen) atoms. The maximum absolute atomic E-state index is 6.73. The molecule has 0 amide bonds. The summed E-state index contributed by atoms with van der Waals surface area (Å²) in [6.07, 6.45) is 5.44. The number of imidazole rings is 1. The second-order valence-corrected chi connectivity index (χ2v) is 11.1. The Morgan fingerprint density at radius 1 is 0.733 bits per heavy atom. The van der Waals surface area contributed by atoms with Crippen molar-refractivity contribution < 1.29 is 18.2 Å². The summed E-state index contributed by atoms with van der Waals surface area (Å²) >= 11 is -0.536. The zero-order valence-electron chi connectivity index (χ0n) is 19.1. The van der Waals surface area contributed by atoms with Crippen molar-refractivity contribution in [1.29, 1.82) is 0 Å². The third-order valence-electron chi connectivity index (χ3n) is 5.75.